The summed E-state index contributed by atoms with van der Waals surface area (Å²) in [5.74, 6) is 1.08. The Labute approximate surface area is 92.0 Å². The predicted molar refractivity (Wildman–Crippen MR) is 54.9 cm³/mol. The molecule has 0 aliphatic heterocycles. The molecule has 2 aromatic rings. The second-order valence-electron chi connectivity index (χ2n) is 3.16. The second-order valence-corrected chi connectivity index (χ2v) is 3.16. The lowest BCUT2D eigenvalue weighted by Crippen LogP contribution is -2.36. The van der Waals surface area contributed by atoms with Crippen molar-refractivity contribution >= 4 is 0 Å². The number of hydrogen-bond acceptors (Lipinski definition) is 7. The monoisotopic (exact) mass is 223 g/mol. The number of nitrogens with zero attached hydrogens (tertiary/aromatic N) is 9. The number of aryl methyl sites for hydroxylation is 1. The van der Waals surface area contributed by atoms with Gasteiger partial charge in [-0.05, 0) is 34.7 Å². The van der Waals surface area contributed by atoms with Gasteiger partial charge in [-0.1, -0.05) is 0 Å². The Bertz CT molecular complexity index is 454. The predicted octanol–water partition coefficient (Wildman–Crippen LogP) is -1.16. The van der Waals surface area contributed by atoms with Crippen LogP contribution >= 0.6 is 0 Å². The molecule has 0 aliphatic rings. The third kappa shape index (κ3) is 1.59. The molecule has 0 aromatic carbocycles. The van der Waals surface area contributed by atoms with Gasteiger partial charge in [0, 0.05) is 20.1 Å². The Balaban J connectivity index is 2.43. The van der Waals surface area contributed by atoms with Crippen molar-refractivity contribution in [1.82, 2.24) is 40.5 Å². The molecule has 0 amide bonds. The van der Waals surface area contributed by atoms with E-state index < -0.39 is 0 Å². The van der Waals surface area contributed by atoms with E-state index in [1.165, 1.54) is 4.68 Å². The first-order valence-corrected chi connectivity index (χ1v) is 5.04. The van der Waals surface area contributed by atoms with Gasteiger partial charge in [-0.2, -0.15) is 0 Å². The Kier molecular flexibility index (Phi) is 2.75. The first-order chi connectivity index (χ1) is 7.77. The smallest absolute Gasteiger partial charge is 0.243 e. The number of aromatic nitrogens is 8. The highest BCUT2D eigenvalue weighted by molar-refractivity contribution is 5.41. The summed E-state index contributed by atoms with van der Waals surface area (Å²) in [4.78, 5) is 1.62. The summed E-state index contributed by atoms with van der Waals surface area (Å²) >= 11 is 0. The van der Waals surface area contributed by atoms with E-state index in [1.807, 2.05) is 18.9 Å². The molecular formula is C7H13N9. The molecule has 0 saturated carbocycles. The van der Waals surface area contributed by atoms with Crippen LogP contribution in [0.5, 0.6) is 0 Å². The molecule has 0 aliphatic carbocycles. The molecule has 0 atom stereocenters. The SMILES string of the molecule is CCN(CC)n1nnnc1-c1nnnn1C. The van der Waals surface area contributed by atoms with E-state index in [9.17, 15) is 0 Å². The molecule has 2 aromatic heterocycles. The first kappa shape index (κ1) is 10.5. The van der Waals surface area contributed by atoms with E-state index in [-0.39, 0.29) is 0 Å². The van der Waals surface area contributed by atoms with Gasteiger partial charge in [0.15, 0.2) is 0 Å². The summed E-state index contributed by atoms with van der Waals surface area (Å²) in [5.41, 5.74) is 0. The molecule has 0 radical (unpaired) electrons. The largest absolute Gasteiger partial charge is 0.294 e. The zero-order chi connectivity index (χ0) is 11.5. The van der Waals surface area contributed by atoms with E-state index in [4.69, 9.17) is 0 Å². The molecule has 0 fully saturated rings. The highest BCUT2D eigenvalue weighted by Crippen LogP contribution is 2.09. The van der Waals surface area contributed by atoms with Gasteiger partial charge in [-0.25, -0.2) is 4.68 Å². The van der Waals surface area contributed by atoms with E-state index >= 15 is 0 Å². The van der Waals surface area contributed by atoms with Crippen LogP contribution in [0.15, 0.2) is 0 Å². The van der Waals surface area contributed by atoms with E-state index in [2.05, 4.69) is 31.1 Å². The summed E-state index contributed by atoms with van der Waals surface area (Å²) < 4.78 is 1.53. The fraction of sp³-hybridized carbons (Fsp3) is 0.714. The van der Waals surface area contributed by atoms with Crippen molar-refractivity contribution < 1.29 is 0 Å². The van der Waals surface area contributed by atoms with E-state index in [0.29, 0.717) is 11.6 Å². The Hall–Kier alpha value is -2.06. The Morgan fingerprint density at radius 2 is 1.62 bits per heavy atom. The first-order valence-electron chi connectivity index (χ1n) is 5.04. The maximum absolute atomic E-state index is 3.93. The minimum absolute atomic E-state index is 0.538. The standard InChI is InChI=1S/C7H13N9/c1-4-15(5-2)16-7(9-11-13-16)6-8-10-12-14(6)3/h4-5H2,1-3H3. The van der Waals surface area contributed by atoms with Gasteiger partial charge in [-0.3, -0.25) is 5.01 Å². The zero-order valence-electron chi connectivity index (χ0n) is 9.44. The lowest BCUT2D eigenvalue weighted by atomic mass is 10.5. The average Bonchev–Trinajstić information content (AvgIpc) is 2.88. The van der Waals surface area contributed by atoms with Crippen LogP contribution in [0.4, 0.5) is 0 Å². The lowest BCUT2D eigenvalue weighted by Gasteiger charge is -2.20. The number of hydrogen-bond donors (Lipinski definition) is 0. The maximum Gasteiger partial charge on any atom is 0.243 e. The molecule has 9 heteroatoms. The highest BCUT2D eigenvalue weighted by Gasteiger charge is 2.17. The van der Waals surface area contributed by atoms with Crippen molar-refractivity contribution in [3.05, 3.63) is 0 Å². The molecular weight excluding hydrogens is 210 g/mol. The van der Waals surface area contributed by atoms with Gasteiger partial charge in [-0.15, -0.1) is 15.0 Å². The van der Waals surface area contributed by atoms with Gasteiger partial charge in [0.2, 0.25) is 11.6 Å². The third-order valence-corrected chi connectivity index (χ3v) is 2.27. The quantitative estimate of drug-likeness (QED) is 0.645. The average molecular weight is 223 g/mol. The van der Waals surface area contributed by atoms with Gasteiger partial charge in [0.25, 0.3) is 0 Å². The fourth-order valence-corrected chi connectivity index (χ4v) is 1.42. The van der Waals surface area contributed by atoms with Crippen molar-refractivity contribution in [3.63, 3.8) is 0 Å². The van der Waals surface area contributed by atoms with E-state index in [0.717, 1.165) is 13.1 Å². The summed E-state index contributed by atoms with van der Waals surface area (Å²) in [6, 6.07) is 0. The van der Waals surface area contributed by atoms with Crippen molar-refractivity contribution in [3.8, 4) is 11.6 Å². The highest BCUT2D eigenvalue weighted by atomic mass is 15.8. The van der Waals surface area contributed by atoms with Gasteiger partial charge in [0.05, 0.1) is 0 Å². The van der Waals surface area contributed by atoms with Gasteiger partial charge < -0.3 is 0 Å². The number of tetrazole rings is 2. The summed E-state index contributed by atoms with van der Waals surface area (Å²) in [6.45, 7) is 5.67. The van der Waals surface area contributed by atoms with Gasteiger partial charge >= 0.3 is 0 Å². The summed E-state index contributed by atoms with van der Waals surface area (Å²) in [7, 11) is 1.75. The third-order valence-electron chi connectivity index (χ3n) is 2.27. The van der Waals surface area contributed by atoms with Crippen LogP contribution in [-0.2, 0) is 7.05 Å². The minimum Gasteiger partial charge on any atom is -0.294 e. The maximum atomic E-state index is 3.93. The lowest BCUT2D eigenvalue weighted by molar-refractivity contribution is 0.540. The van der Waals surface area contributed by atoms with Crippen LogP contribution < -0.4 is 5.01 Å². The van der Waals surface area contributed by atoms with E-state index in [1.54, 1.807) is 11.8 Å². The summed E-state index contributed by atoms with van der Waals surface area (Å²) in [6.07, 6.45) is 0. The van der Waals surface area contributed by atoms with Crippen LogP contribution in [-0.4, -0.2) is 53.6 Å². The number of rotatable bonds is 4. The molecule has 2 heterocycles. The molecule has 0 spiro atoms. The molecule has 0 N–H and O–H groups in total. The van der Waals surface area contributed by atoms with Crippen molar-refractivity contribution in [2.24, 2.45) is 7.05 Å². The second kappa shape index (κ2) is 4.21. The Morgan fingerprint density at radius 1 is 1.00 bits per heavy atom. The van der Waals surface area contributed by atoms with Crippen molar-refractivity contribution in [1.29, 1.82) is 0 Å². The summed E-state index contributed by atoms with van der Waals surface area (Å²) in [5, 5.41) is 24.7. The molecule has 0 unspecified atom stereocenters. The molecule has 16 heavy (non-hydrogen) atoms. The van der Waals surface area contributed by atoms with Crippen LogP contribution in [0.1, 0.15) is 13.8 Å². The van der Waals surface area contributed by atoms with Crippen LogP contribution in [0, 0.1) is 0 Å². The van der Waals surface area contributed by atoms with Gasteiger partial charge in [0.1, 0.15) is 0 Å². The van der Waals surface area contributed by atoms with Crippen molar-refractivity contribution in [2.75, 3.05) is 18.1 Å². The van der Waals surface area contributed by atoms with Crippen molar-refractivity contribution in [2.45, 2.75) is 13.8 Å². The minimum atomic E-state index is 0.538. The normalized spacial score (nSPS) is 10.7. The molecule has 0 saturated heterocycles. The zero-order valence-corrected chi connectivity index (χ0v) is 9.44. The fourth-order valence-electron chi connectivity index (χ4n) is 1.42. The van der Waals surface area contributed by atoms with Crippen LogP contribution in [0.25, 0.3) is 11.6 Å². The molecule has 0 bridgehead atoms. The molecule has 86 valence electrons. The Morgan fingerprint density at radius 3 is 2.19 bits per heavy atom. The molecule has 9 nitrogen and oxygen atoms in total. The van der Waals surface area contributed by atoms with Crippen LogP contribution in [0.3, 0.4) is 0 Å². The van der Waals surface area contributed by atoms with Crippen LogP contribution in [0.2, 0.25) is 0 Å². The molecule has 2 rings (SSSR count). The topological polar surface area (TPSA) is 90.4 Å².